The van der Waals surface area contributed by atoms with Gasteiger partial charge >= 0.3 is 0 Å². The van der Waals surface area contributed by atoms with Crippen molar-refractivity contribution in [3.05, 3.63) is 27.7 Å². The van der Waals surface area contributed by atoms with Gasteiger partial charge in [-0.2, -0.15) is 0 Å². The molecule has 0 heterocycles. The number of nitrogens with two attached hydrogens (primary N) is 1. The fourth-order valence-corrected chi connectivity index (χ4v) is 1.06. The summed E-state index contributed by atoms with van der Waals surface area (Å²) in [6.07, 6.45) is 0. The van der Waals surface area contributed by atoms with Crippen LogP contribution < -0.4 is 5.73 Å². The number of hydrogen-bond acceptors (Lipinski definition) is 1. The minimum absolute atomic E-state index is 0.510. The van der Waals surface area contributed by atoms with Crippen molar-refractivity contribution >= 4 is 28.9 Å². The van der Waals surface area contributed by atoms with E-state index in [2.05, 4.69) is 0 Å². The second kappa shape index (κ2) is 2.69. The molecule has 0 unspecified atom stereocenters. The molecule has 54 valence electrons. The molecule has 0 aliphatic carbocycles. The highest BCUT2D eigenvalue weighted by Gasteiger charge is 1.99. The van der Waals surface area contributed by atoms with Crippen molar-refractivity contribution in [2.24, 2.45) is 0 Å². The Balaban J connectivity index is 3.28. The zero-order valence-electron chi connectivity index (χ0n) is 5.49. The van der Waals surface area contributed by atoms with Gasteiger partial charge in [-0.3, -0.25) is 0 Å². The minimum Gasteiger partial charge on any atom is -0.398 e. The van der Waals surface area contributed by atoms with Gasteiger partial charge in [0.15, 0.2) is 0 Å². The first kappa shape index (κ1) is 7.70. The topological polar surface area (TPSA) is 26.0 Å². The van der Waals surface area contributed by atoms with E-state index >= 15 is 0 Å². The molecule has 1 aromatic rings. The van der Waals surface area contributed by atoms with Crippen LogP contribution in [-0.4, -0.2) is 0 Å². The van der Waals surface area contributed by atoms with E-state index in [4.69, 9.17) is 28.9 Å². The quantitative estimate of drug-likeness (QED) is 0.604. The first-order valence-corrected chi connectivity index (χ1v) is 3.58. The molecule has 0 aromatic heterocycles. The van der Waals surface area contributed by atoms with Crippen LogP contribution in [0.1, 0.15) is 5.56 Å². The molecule has 10 heavy (non-hydrogen) atoms. The van der Waals surface area contributed by atoms with E-state index in [-0.39, 0.29) is 0 Å². The van der Waals surface area contributed by atoms with E-state index in [0.717, 1.165) is 5.56 Å². The molecular weight excluding hydrogens is 169 g/mol. The lowest BCUT2D eigenvalue weighted by molar-refractivity contribution is 1.47. The van der Waals surface area contributed by atoms with Gasteiger partial charge in [-0.25, -0.2) is 0 Å². The highest BCUT2D eigenvalue weighted by atomic mass is 35.5. The largest absolute Gasteiger partial charge is 0.398 e. The highest BCUT2D eigenvalue weighted by molar-refractivity contribution is 6.36. The fraction of sp³-hybridized carbons (Fsp3) is 0.143. The Kier molecular flexibility index (Phi) is 2.07. The van der Waals surface area contributed by atoms with Crippen molar-refractivity contribution in [3.8, 4) is 0 Å². The smallest absolute Gasteiger partial charge is 0.0650 e. The van der Waals surface area contributed by atoms with E-state index in [1.807, 2.05) is 6.92 Å². The monoisotopic (exact) mass is 175 g/mol. The molecule has 0 bridgehead atoms. The number of aryl methyl sites for hydroxylation is 1. The van der Waals surface area contributed by atoms with Crippen LogP contribution in [0.3, 0.4) is 0 Å². The average Bonchev–Trinajstić information content (AvgIpc) is 1.84. The molecule has 1 aromatic carbocycles. The summed E-state index contributed by atoms with van der Waals surface area (Å²) in [5.41, 5.74) is 7.02. The average molecular weight is 176 g/mol. The number of benzene rings is 1. The fourth-order valence-electron chi connectivity index (χ4n) is 0.680. The summed E-state index contributed by atoms with van der Waals surface area (Å²) >= 11 is 11.4. The molecule has 0 atom stereocenters. The van der Waals surface area contributed by atoms with Crippen LogP contribution in [0, 0.1) is 6.92 Å². The molecule has 0 amide bonds. The molecule has 2 N–H and O–H groups in total. The summed E-state index contributed by atoms with van der Waals surface area (Å²) in [5.74, 6) is 0. The molecule has 0 saturated carbocycles. The minimum atomic E-state index is 0.510. The molecule has 1 nitrogen and oxygen atoms in total. The third-order valence-electron chi connectivity index (χ3n) is 1.28. The van der Waals surface area contributed by atoms with E-state index < -0.39 is 0 Å². The van der Waals surface area contributed by atoms with Crippen LogP contribution in [0.5, 0.6) is 0 Å². The second-order valence-electron chi connectivity index (χ2n) is 2.12. The van der Waals surface area contributed by atoms with Gasteiger partial charge in [0.05, 0.1) is 10.7 Å². The van der Waals surface area contributed by atoms with Gasteiger partial charge in [-0.15, -0.1) is 0 Å². The number of hydrogen-bond donors (Lipinski definition) is 1. The van der Waals surface area contributed by atoms with Gasteiger partial charge in [-0.05, 0) is 24.6 Å². The molecule has 1 rings (SSSR count). The predicted molar refractivity (Wildman–Crippen MR) is 45.6 cm³/mol. The zero-order chi connectivity index (χ0) is 7.72. The maximum absolute atomic E-state index is 5.75. The van der Waals surface area contributed by atoms with E-state index in [1.165, 1.54) is 0 Å². The molecule has 0 aliphatic rings. The maximum Gasteiger partial charge on any atom is 0.0650 e. The van der Waals surface area contributed by atoms with Crippen LogP contribution in [0.25, 0.3) is 0 Å². The summed E-state index contributed by atoms with van der Waals surface area (Å²) in [7, 11) is 0. The highest BCUT2D eigenvalue weighted by Crippen LogP contribution is 2.25. The molecule has 3 heteroatoms. The first-order chi connectivity index (χ1) is 4.61. The predicted octanol–water partition coefficient (Wildman–Crippen LogP) is 2.88. The summed E-state index contributed by atoms with van der Waals surface area (Å²) in [4.78, 5) is 0. The Bertz CT molecular complexity index is 208. The Morgan fingerprint density at radius 3 is 2.30 bits per heavy atom. The van der Waals surface area contributed by atoms with Crippen LogP contribution in [0.15, 0.2) is 12.1 Å². The number of anilines is 1. The van der Waals surface area contributed by atoms with Gasteiger partial charge in [0.1, 0.15) is 0 Å². The van der Waals surface area contributed by atoms with Gasteiger partial charge in [0, 0.05) is 5.02 Å². The lowest BCUT2D eigenvalue weighted by Gasteiger charge is -2.00. The standard InChI is InChI=1S/C7H7Cl2N/c1-4-2-7(10)6(9)3-5(4)8/h2-3H,10H2,1H3. The van der Waals surface area contributed by atoms with E-state index in [9.17, 15) is 0 Å². The van der Waals surface area contributed by atoms with Crippen LogP contribution >= 0.6 is 23.2 Å². The Morgan fingerprint density at radius 1 is 1.20 bits per heavy atom. The molecule has 0 spiro atoms. The second-order valence-corrected chi connectivity index (χ2v) is 2.94. The third kappa shape index (κ3) is 1.36. The molecule has 0 aliphatic heterocycles. The van der Waals surface area contributed by atoms with Crippen molar-refractivity contribution in [2.75, 3.05) is 5.73 Å². The third-order valence-corrected chi connectivity index (χ3v) is 2.01. The first-order valence-electron chi connectivity index (χ1n) is 2.82. The van der Waals surface area contributed by atoms with Crippen LogP contribution in [0.2, 0.25) is 10.0 Å². The van der Waals surface area contributed by atoms with Gasteiger partial charge in [0.25, 0.3) is 0 Å². The number of rotatable bonds is 0. The molecule has 0 saturated heterocycles. The van der Waals surface area contributed by atoms with Gasteiger partial charge in [-0.1, -0.05) is 23.2 Å². The Morgan fingerprint density at radius 2 is 1.80 bits per heavy atom. The number of nitrogen functional groups attached to an aromatic ring is 1. The molecular formula is C7H7Cl2N. The summed E-state index contributed by atoms with van der Waals surface area (Å²) in [5, 5.41) is 1.16. The number of halogens is 2. The van der Waals surface area contributed by atoms with Gasteiger partial charge < -0.3 is 5.73 Å². The van der Waals surface area contributed by atoms with E-state index in [1.54, 1.807) is 12.1 Å². The van der Waals surface area contributed by atoms with Crippen molar-refractivity contribution in [1.82, 2.24) is 0 Å². The van der Waals surface area contributed by atoms with E-state index in [0.29, 0.717) is 15.7 Å². The Hall–Kier alpha value is -0.400. The summed E-state index contributed by atoms with van der Waals surface area (Å²) in [6.45, 7) is 1.88. The molecule has 0 fully saturated rings. The van der Waals surface area contributed by atoms with Crippen molar-refractivity contribution < 1.29 is 0 Å². The Labute approximate surface area is 69.7 Å². The molecule has 0 radical (unpaired) electrons. The van der Waals surface area contributed by atoms with Crippen molar-refractivity contribution in [3.63, 3.8) is 0 Å². The summed E-state index contributed by atoms with van der Waals surface area (Å²) in [6, 6.07) is 3.40. The SMILES string of the molecule is Cc1cc(N)c(Cl)cc1Cl. The van der Waals surface area contributed by atoms with Crippen molar-refractivity contribution in [2.45, 2.75) is 6.92 Å². The van der Waals surface area contributed by atoms with Crippen LogP contribution in [-0.2, 0) is 0 Å². The lowest BCUT2D eigenvalue weighted by Crippen LogP contribution is -1.87. The van der Waals surface area contributed by atoms with Crippen LogP contribution in [0.4, 0.5) is 5.69 Å². The zero-order valence-corrected chi connectivity index (χ0v) is 7.00. The normalized spacial score (nSPS) is 9.90. The lowest BCUT2D eigenvalue weighted by atomic mass is 10.2. The van der Waals surface area contributed by atoms with Crippen molar-refractivity contribution in [1.29, 1.82) is 0 Å². The maximum atomic E-state index is 5.75. The summed E-state index contributed by atoms with van der Waals surface area (Å²) < 4.78 is 0. The van der Waals surface area contributed by atoms with Gasteiger partial charge in [0.2, 0.25) is 0 Å².